The Kier molecular flexibility index (Phi) is 6.12. The lowest BCUT2D eigenvalue weighted by Gasteiger charge is -2.05. The summed E-state index contributed by atoms with van der Waals surface area (Å²) in [7, 11) is 1.58. The molecule has 7 nitrogen and oxygen atoms in total. The highest BCUT2D eigenvalue weighted by molar-refractivity contribution is 5.77. The maximum absolute atomic E-state index is 11.2. The lowest BCUT2D eigenvalue weighted by atomic mass is 10.5. The average molecular weight is 228 g/mol. The van der Waals surface area contributed by atoms with E-state index in [0.29, 0.717) is 26.3 Å². The molecule has 1 N–H and O–H groups in total. The smallest absolute Gasteiger partial charge is 0.246 e. The second-order valence-electron chi connectivity index (χ2n) is 3.06. The molecule has 0 unspecified atom stereocenters. The Bertz CT molecular complexity index is 289. The molecule has 0 saturated carbocycles. The number of carbonyl (C=O) groups is 1. The third-order valence-corrected chi connectivity index (χ3v) is 1.80. The van der Waals surface area contributed by atoms with Crippen LogP contribution in [0.3, 0.4) is 0 Å². The van der Waals surface area contributed by atoms with Crippen LogP contribution in [0, 0.1) is 0 Å². The van der Waals surface area contributed by atoms with Crippen molar-refractivity contribution in [3.63, 3.8) is 0 Å². The van der Waals surface area contributed by atoms with E-state index >= 15 is 0 Å². The van der Waals surface area contributed by atoms with Gasteiger partial charge in [-0.1, -0.05) is 5.21 Å². The van der Waals surface area contributed by atoms with Gasteiger partial charge in [-0.05, 0) is 0 Å². The maximum atomic E-state index is 11.2. The number of ether oxygens (including phenoxy) is 2. The van der Waals surface area contributed by atoms with Gasteiger partial charge in [-0.2, -0.15) is 0 Å². The number of hydrogen-bond donors (Lipinski definition) is 1. The van der Waals surface area contributed by atoms with Gasteiger partial charge in [0.25, 0.3) is 0 Å². The Balaban J connectivity index is 1.98. The summed E-state index contributed by atoms with van der Waals surface area (Å²) in [5.74, 6) is -0.142. The van der Waals surface area contributed by atoms with Gasteiger partial charge >= 0.3 is 0 Å². The first kappa shape index (κ1) is 12.6. The van der Waals surface area contributed by atoms with Gasteiger partial charge in [0.15, 0.2) is 0 Å². The van der Waals surface area contributed by atoms with Crippen molar-refractivity contribution in [1.82, 2.24) is 20.3 Å². The molecule has 0 radical (unpaired) electrons. The molecule has 0 atom stereocenters. The van der Waals surface area contributed by atoms with Gasteiger partial charge in [0, 0.05) is 19.9 Å². The van der Waals surface area contributed by atoms with E-state index < -0.39 is 0 Å². The summed E-state index contributed by atoms with van der Waals surface area (Å²) < 4.78 is 11.5. The summed E-state index contributed by atoms with van der Waals surface area (Å²) in [4.78, 5) is 11.2. The molecule has 0 aliphatic rings. The van der Waals surface area contributed by atoms with Crippen molar-refractivity contribution in [2.45, 2.75) is 6.54 Å². The zero-order valence-corrected chi connectivity index (χ0v) is 9.26. The Labute approximate surface area is 93.7 Å². The zero-order valence-electron chi connectivity index (χ0n) is 9.26. The molecule has 90 valence electrons. The van der Waals surface area contributed by atoms with Crippen molar-refractivity contribution >= 4 is 5.91 Å². The fraction of sp³-hybridized carbons (Fsp3) is 0.667. The average Bonchev–Trinajstić information content (AvgIpc) is 2.77. The number of rotatable bonds is 8. The second-order valence-corrected chi connectivity index (χ2v) is 3.06. The standard InChI is InChI=1S/C9H16N4O3/c1-15-6-7-16-8-9(14)10-2-4-13-5-3-11-12-13/h3,5H,2,4,6-8H2,1H3,(H,10,14). The third-order valence-electron chi connectivity index (χ3n) is 1.80. The van der Waals surface area contributed by atoms with Crippen LogP contribution in [0.2, 0.25) is 0 Å². The summed E-state index contributed by atoms with van der Waals surface area (Å²) in [6.07, 6.45) is 3.33. The largest absolute Gasteiger partial charge is 0.382 e. The Morgan fingerprint density at radius 1 is 1.50 bits per heavy atom. The Hall–Kier alpha value is -1.47. The summed E-state index contributed by atoms with van der Waals surface area (Å²) in [6, 6.07) is 0. The molecule has 16 heavy (non-hydrogen) atoms. The van der Waals surface area contributed by atoms with Crippen LogP contribution in [-0.2, 0) is 20.8 Å². The molecule has 0 aliphatic carbocycles. The molecule has 1 aromatic heterocycles. The van der Waals surface area contributed by atoms with Crippen LogP contribution in [-0.4, -0.2) is 54.4 Å². The van der Waals surface area contributed by atoms with Crippen molar-refractivity contribution < 1.29 is 14.3 Å². The molecule has 7 heteroatoms. The number of methoxy groups -OCH3 is 1. The van der Waals surface area contributed by atoms with Crippen molar-refractivity contribution in [1.29, 1.82) is 0 Å². The van der Waals surface area contributed by atoms with Crippen molar-refractivity contribution in [2.24, 2.45) is 0 Å². The SMILES string of the molecule is COCCOCC(=O)NCCn1ccnn1. The van der Waals surface area contributed by atoms with Crippen molar-refractivity contribution in [3.05, 3.63) is 12.4 Å². The lowest BCUT2D eigenvalue weighted by Crippen LogP contribution is -2.31. The number of carbonyl (C=O) groups excluding carboxylic acids is 1. The third kappa shape index (κ3) is 5.42. The van der Waals surface area contributed by atoms with Gasteiger partial charge in [0.05, 0.1) is 26.0 Å². The van der Waals surface area contributed by atoms with E-state index in [9.17, 15) is 4.79 Å². The first-order valence-electron chi connectivity index (χ1n) is 5.00. The van der Waals surface area contributed by atoms with E-state index in [0.717, 1.165) is 0 Å². The number of amides is 1. The van der Waals surface area contributed by atoms with Crippen LogP contribution in [0.25, 0.3) is 0 Å². The summed E-state index contributed by atoms with van der Waals surface area (Å²) >= 11 is 0. The fourth-order valence-electron chi connectivity index (χ4n) is 1.02. The molecular formula is C9H16N4O3. The first-order chi connectivity index (χ1) is 7.83. The van der Waals surface area contributed by atoms with Gasteiger partial charge in [0.2, 0.25) is 5.91 Å². The zero-order chi connectivity index (χ0) is 11.6. The molecule has 0 aromatic carbocycles. The monoisotopic (exact) mass is 228 g/mol. The topological polar surface area (TPSA) is 78.3 Å². The van der Waals surface area contributed by atoms with Gasteiger partial charge in [-0.3, -0.25) is 9.48 Å². The molecule has 0 spiro atoms. The number of aromatic nitrogens is 3. The van der Waals surface area contributed by atoms with Crippen LogP contribution < -0.4 is 5.32 Å². The van der Waals surface area contributed by atoms with Crippen LogP contribution in [0.4, 0.5) is 0 Å². The second kappa shape index (κ2) is 7.77. The first-order valence-corrected chi connectivity index (χ1v) is 5.00. The fourth-order valence-corrected chi connectivity index (χ4v) is 1.02. The molecule has 1 rings (SSSR count). The lowest BCUT2D eigenvalue weighted by molar-refractivity contribution is -0.126. The van der Waals surface area contributed by atoms with Gasteiger partial charge < -0.3 is 14.8 Å². The number of hydrogen-bond acceptors (Lipinski definition) is 5. The molecule has 1 heterocycles. The van der Waals surface area contributed by atoms with Crippen LogP contribution in [0.15, 0.2) is 12.4 Å². The van der Waals surface area contributed by atoms with E-state index in [-0.39, 0.29) is 12.5 Å². The highest BCUT2D eigenvalue weighted by Crippen LogP contribution is 1.80. The van der Waals surface area contributed by atoms with E-state index in [1.54, 1.807) is 24.2 Å². The number of nitrogens with zero attached hydrogens (tertiary/aromatic N) is 3. The van der Waals surface area contributed by atoms with E-state index in [4.69, 9.17) is 9.47 Å². The van der Waals surface area contributed by atoms with Gasteiger partial charge in [0.1, 0.15) is 6.61 Å². The van der Waals surface area contributed by atoms with Crippen LogP contribution >= 0.6 is 0 Å². The van der Waals surface area contributed by atoms with E-state index in [2.05, 4.69) is 15.6 Å². The summed E-state index contributed by atoms with van der Waals surface area (Å²) in [5, 5.41) is 10.1. The summed E-state index contributed by atoms with van der Waals surface area (Å²) in [6.45, 7) is 2.08. The molecule has 0 aliphatic heterocycles. The predicted octanol–water partition coefficient (Wildman–Crippen LogP) is -0.943. The highest BCUT2D eigenvalue weighted by atomic mass is 16.5. The van der Waals surface area contributed by atoms with Crippen LogP contribution in [0.1, 0.15) is 0 Å². The molecule has 1 amide bonds. The minimum atomic E-state index is -0.142. The summed E-state index contributed by atoms with van der Waals surface area (Å²) in [5.41, 5.74) is 0. The maximum Gasteiger partial charge on any atom is 0.246 e. The van der Waals surface area contributed by atoms with E-state index in [1.807, 2.05) is 0 Å². The molecule has 1 aromatic rings. The highest BCUT2D eigenvalue weighted by Gasteiger charge is 2.00. The molecular weight excluding hydrogens is 212 g/mol. The Morgan fingerprint density at radius 3 is 3.06 bits per heavy atom. The predicted molar refractivity (Wildman–Crippen MR) is 55.7 cm³/mol. The minimum Gasteiger partial charge on any atom is -0.382 e. The normalized spacial score (nSPS) is 10.3. The molecule has 0 bridgehead atoms. The Morgan fingerprint density at radius 2 is 2.38 bits per heavy atom. The van der Waals surface area contributed by atoms with E-state index in [1.165, 1.54) is 0 Å². The van der Waals surface area contributed by atoms with Crippen molar-refractivity contribution in [2.75, 3.05) is 33.5 Å². The molecule has 0 fully saturated rings. The minimum absolute atomic E-state index is 0.0563. The van der Waals surface area contributed by atoms with Gasteiger partial charge in [-0.15, -0.1) is 5.10 Å². The van der Waals surface area contributed by atoms with Gasteiger partial charge in [-0.25, -0.2) is 0 Å². The van der Waals surface area contributed by atoms with Crippen molar-refractivity contribution in [3.8, 4) is 0 Å². The quantitative estimate of drug-likeness (QED) is 0.581. The molecule has 0 saturated heterocycles. The number of nitrogens with one attached hydrogen (secondary N) is 1. The van der Waals surface area contributed by atoms with Crippen LogP contribution in [0.5, 0.6) is 0 Å².